The number of nitrogens with zero attached hydrogens (tertiary/aromatic N) is 2. The molecule has 3 N–H and O–H groups in total. The van der Waals surface area contributed by atoms with Crippen molar-refractivity contribution in [1.82, 2.24) is 21.0 Å². The number of carbonyl (C=O) groups is 2. The second-order valence-electron chi connectivity index (χ2n) is 10.4. The van der Waals surface area contributed by atoms with Crippen molar-refractivity contribution in [3.63, 3.8) is 0 Å². The summed E-state index contributed by atoms with van der Waals surface area (Å²) in [4.78, 5) is 25.6. The van der Waals surface area contributed by atoms with Gasteiger partial charge in [0, 0.05) is 31.7 Å². The first-order valence-corrected chi connectivity index (χ1v) is 15.2. The van der Waals surface area contributed by atoms with Crippen LogP contribution < -0.4 is 25.7 Å². The normalized spacial score (nSPS) is 13.2. The van der Waals surface area contributed by atoms with E-state index < -0.39 is 6.09 Å². The van der Waals surface area contributed by atoms with E-state index in [1.807, 2.05) is 71.7 Å². The van der Waals surface area contributed by atoms with Crippen LogP contribution in [0.15, 0.2) is 78.9 Å². The van der Waals surface area contributed by atoms with Gasteiger partial charge in [-0.3, -0.25) is 0 Å². The summed E-state index contributed by atoms with van der Waals surface area (Å²) in [5.74, 6) is 0.862. The molecule has 0 aliphatic carbocycles. The molecule has 0 spiro atoms. The van der Waals surface area contributed by atoms with Crippen LogP contribution in [0.2, 0.25) is 0 Å². The number of unbranched alkanes of at least 4 members (excludes halogenated alkanes) is 2. The van der Waals surface area contributed by atoms with Gasteiger partial charge in [0.1, 0.15) is 12.4 Å². The standard InChI is InChI=1S/C34H44N5O4/c1-42-30-19-17-28(18-20-30)27-35-21-9-3-10-22-36-33(40)37-23-26-43-34(41)39(38-24-11-4-12-25-38)32-16-8-7-15-31(32)29-13-5-2-6-14-29/h2,4-8,13-20,35H,3,9-12,21-27H2,1H3,(H2,36,37,40). The van der Waals surface area contributed by atoms with Gasteiger partial charge in [0.05, 0.1) is 19.3 Å². The van der Waals surface area contributed by atoms with Gasteiger partial charge in [-0.2, -0.15) is 0 Å². The first-order valence-electron chi connectivity index (χ1n) is 15.2. The lowest BCUT2D eigenvalue weighted by atomic mass is 10.0. The zero-order valence-corrected chi connectivity index (χ0v) is 25.1. The van der Waals surface area contributed by atoms with E-state index in [2.05, 4.69) is 34.5 Å². The van der Waals surface area contributed by atoms with Gasteiger partial charge < -0.3 is 25.4 Å². The van der Waals surface area contributed by atoms with Crippen molar-refractivity contribution in [3.05, 3.63) is 90.8 Å². The Hall–Kier alpha value is -4.08. The number of nitrogens with one attached hydrogen (secondary N) is 3. The average Bonchev–Trinajstić information content (AvgIpc) is 3.06. The van der Waals surface area contributed by atoms with Crippen molar-refractivity contribution < 1.29 is 19.1 Å². The Morgan fingerprint density at radius 3 is 2.28 bits per heavy atom. The Kier molecular flexibility index (Phi) is 13.2. The van der Waals surface area contributed by atoms with Crippen LogP contribution in [0.5, 0.6) is 5.75 Å². The number of hydrazine groups is 1. The minimum atomic E-state index is -0.451. The highest BCUT2D eigenvalue weighted by molar-refractivity contribution is 5.93. The summed E-state index contributed by atoms with van der Waals surface area (Å²) in [7, 11) is 1.67. The quantitative estimate of drug-likeness (QED) is 0.196. The molecule has 0 atom stereocenters. The van der Waals surface area contributed by atoms with Crippen molar-refractivity contribution in [2.75, 3.05) is 51.4 Å². The lowest BCUT2D eigenvalue weighted by molar-refractivity contribution is 0.126. The molecule has 0 bridgehead atoms. The molecule has 9 nitrogen and oxygen atoms in total. The number of methoxy groups -OCH3 is 1. The maximum atomic E-state index is 13.4. The van der Waals surface area contributed by atoms with Crippen molar-refractivity contribution >= 4 is 17.8 Å². The Labute approximate surface area is 255 Å². The van der Waals surface area contributed by atoms with Gasteiger partial charge in [-0.1, -0.05) is 67.1 Å². The van der Waals surface area contributed by atoms with Crippen LogP contribution in [0.25, 0.3) is 11.1 Å². The molecule has 0 aromatic heterocycles. The Bertz CT molecular complexity index is 1250. The van der Waals surface area contributed by atoms with Gasteiger partial charge in [0.25, 0.3) is 0 Å². The predicted molar refractivity (Wildman–Crippen MR) is 171 cm³/mol. The molecule has 3 aromatic rings. The molecule has 1 aliphatic heterocycles. The molecule has 4 rings (SSSR count). The number of benzene rings is 3. The van der Waals surface area contributed by atoms with E-state index in [0.717, 1.165) is 80.8 Å². The van der Waals surface area contributed by atoms with Crippen LogP contribution in [0.3, 0.4) is 0 Å². The molecule has 0 unspecified atom stereocenters. The van der Waals surface area contributed by atoms with Crippen LogP contribution in [0, 0.1) is 6.42 Å². The van der Waals surface area contributed by atoms with Gasteiger partial charge in [-0.05, 0) is 68.0 Å². The van der Waals surface area contributed by atoms with E-state index in [0.29, 0.717) is 6.54 Å². The highest BCUT2D eigenvalue weighted by Gasteiger charge is 2.28. The minimum absolute atomic E-state index is 0.0795. The second-order valence-corrected chi connectivity index (χ2v) is 10.4. The maximum absolute atomic E-state index is 13.4. The number of hydrogen-bond donors (Lipinski definition) is 3. The number of hydrogen-bond acceptors (Lipinski definition) is 6. The van der Waals surface area contributed by atoms with Crippen LogP contribution in [-0.4, -0.2) is 63.6 Å². The molecule has 0 saturated carbocycles. The molecular formula is C34H44N5O4. The predicted octanol–water partition coefficient (Wildman–Crippen LogP) is 5.78. The summed E-state index contributed by atoms with van der Waals surface area (Å²) < 4.78 is 10.8. The maximum Gasteiger partial charge on any atom is 0.429 e. The fourth-order valence-corrected chi connectivity index (χ4v) is 4.98. The van der Waals surface area contributed by atoms with Crippen molar-refractivity contribution in [2.24, 2.45) is 0 Å². The molecule has 1 fully saturated rings. The van der Waals surface area contributed by atoms with E-state index in [9.17, 15) is 9.59 Å². The molecule has 1 radical (unpaired) electrons. The van der Waals surface area contributed by atoms with Crippen molar-refractivity contribution in [1.29, 1.82) is 0 Å². The number of piperidine rings is 1. The number of ether oxygens (including phenoxy) is 2. The summed E-state index contributed by atoms with van der Waals surface area (Å²) in [5, 5.41) is 12.8. The molecule has 43 heavy (non-hydrogen) atoms. The first kappa shape index (κ1) is 31.8. The molecule has 9 heteroatoms. The number of anilines is 1. The molecule has 1 heterocycles. The minimum Gasteiger partial charge on any atom is -0.497 e. The van der Waals surface area contributed by atoms with Crippen LogP contribution >= 0.6 is 0 Å². The van der Waals surface area contributed by atoms with Crippen LogP contribution in [-0.2, 0) is 11.3 Å². The van der Waals surface area contributed by atoms with E-state index in [1.165, 1.54) is 5.56 Å². The van der Waals surface area contributed by atoms with Gasteiger partial charge in [0.15, 0.2) is 0 Å². The van der Waals surface area contributed by atoms with Crippen LogP contribution in [0.1, 0.15) is 37.7 Å². The molecule has 3 amide bonds. The number of amides is 3. The zero-order chi connectivity index (χ0) is 30.1. The summed E-state index contributed by atoms with van der Waals surface area (Å²) in [5.41, 5.74) is 3.99. The smallest absolute Gasteiger partial charge is 0.429 e. The monoisotopic (exact) mass is 586 g/mol. The third kappa shape index (κ3) is 10.3. The van der Waals surface area contributed by atoms with E-state index in [4.69, 9.17) is 9.47 Å². The third-order valence-corrected chi connectivity index (χ3v) is 7.27. The van der Waals surface area contributed by atoms with E-state index >= 15 is 0 Å². The first-order chi connectivity index (χ1) is 21.2. The fourth-order valence-electron chi connectivity index (χ4n) is 4.98. The van der Waals surface area contributed by atoms with Gasteiger partial charge in [-0.15, -0.1) is 0 Å². The lowest BCUT2D eigenvalue weighted by Crippen LogP contribution is -2.50. The van der Waals surface area contributed by atoms with Crippen molar-refractivity contribution in [2.45, 2.75) is 38.6 Å². The zero-order valence-electron chi connectivity index (χ0n) is 25.1. The lowest BCUT2D eigenvalue weighted by Gasteiger charge is -2.37. The highest BCUT2D eigenvalue weighted by atomic mass is 16.6. The van der Waals surface area contributed by atoms with E-state index in [-0.39, 0.29) is 19.2 Å². The molecule has 3 aromatic carbocycles. The van der Waals surface area contributed by atoms with Crippen LogP contribution in [0.4, 0.5) is 15.3 Å². The summed E-state index contributed by atoms with van der Waals surface area (Å²) >= 11 is 0. The molecule has 1 saturated heterocycles. The summed E-state index contributed by atoms with van der Waals surface area (Å²) in [6.45, 7) is 4.12. The Morgan fingerprint density at radius 1 is 0.814 bits per heavy atom. The molecule has 229 valence electrons. The third-order valence-electron chi connectivity index (χ3n) is 7.27. The topological polar surface area (TPSA) is 95.2 Å². The Morgan fingerprint density at radius 2 is 1.51 bits per heavy atom. The van der Waals surface area contributed by atoms with Crippen molar-refractivity contribution in [3.8, 4) is 16.9 Å². The fraction of sp³-hybridized carbons (Fsp3) is 0.382. The van der Waals surface area contributed by atoms with Gasteiger partial charge >= 0.3 is 12.1 Å². The Balaban J connectivity index is 1.14. The van der Waals surface area contributed by atoms with E-state index in [1.54, 1.807) is 12.1 Å². The molecule has 1 aliphatic rings. The molecular weight excluding hydrogens is 542 g/mol. The number of para-hydroxylation sites is 1. The number of urea groups is 1. The second kappa shape index (κ2) is 17.8. The highest BCUT2D eigenvalue weighted by Crippen LogP contribution is 2.33. The largest absolute Gasteiger partial charge is 0.497 e. The number of rotatable bonds is 15. The van der Waals surface area contributed by atoms with Gasteiger partial charge in [0.2, 0.25) is 0 Å². The summed E-state index contributed by atoms with van der Waals surface area (Å²) in [6.07, 6.45) is 6.55. The average molecular weight is 587 g/mol. The van der Waals surface area contributed by atoms with Gasteiger partial charge in [-0.25, -0.2) is 19.6 Å². The number of carbonyl (C=O) groups excluding carboxylic acids is 2. The SMILES string of the molecule is COc1ccc(CNCCCCCNC(=O)NCCOC(=O)N(c2ccccc2-c2ccccc2)N2CC[CH]CC2)cc1. The summed E-state index contributed by atoms with van der Waals surface area (Å²) in [6, 6.07) is 25.7.